The molecule has 0 saturated carbocycles. The molecular formula is C13H13Cl2NO. The minimum absolute atomic E-state index is 0.412. The second kappa shape index (κ2) is 4.20. The summed E-state index contributed by atoms with van der Waals surface area (Å²) in [4.78, 5) is 2.27. The monoisotopic (exact) mass is 269 g/mol. The van der Waals surface area contributed by atoms with Crippen molar-refractivity contribution in [1.82, 2.24) is 4.90 Å². The van der Waals surface area contributed by atoms with Gasteiger partial charge in [-0.15, -0.1) is 11.6 Å². The minimum atomic E-state index is 0.412. The molecule has 0 unspecified atom stereocenters. The van der Waals surface area contributed by atoms with Crippen molar-refractivity contribution in [1.29, 1.82) is 0 Å². The zero-order valence-electron chi connectivity index (χ0n) is 9.59. The van der Waals surface area contributed by atoms with Crippen LogP contribution < -0.4 is 0 Å². The number of nitrogens with zero attached hydrogens (tertiary/aromatic N) is 1. The fraction of sp³-hybridized carbons (Fsp3) is 0.385. The van der Waals surface area contributed by atoms with Crippen molar-refractivity contribution in [3.05, 3.63) is 34.0 Å². The summed E-state index contributed by atoms with van der Waals surface area (Å²) in [6.45, 7) is 1.89. The standard InChI is InChI=1S/C13H13Cl2NO/c1-16-5-4-8-10(15)2-3-11-13(8)9(7-16)12(6-14)17-11/h2-3H,4-7H2,1H3. The van der Waals surface area contributed by atoms with Crippen molar-refractivity contribution in [2.24, 2.45) is 0 Å². The maximum Gasteiger partial charge on any atom is 0.135 e. The summed E-state index contributed by atoms with van der Waals surface area (Å²) in [5.74, 6) is 1.29. The number of likely N-dealkylation sites (N-methyl/N-ethyl adjacent to an activating group) is 1. The Hall–Kier alpha value is -0.700. The lowest BCUT2D eigenvalue weighted by molar-refractivity contribution is 0.333. The van der Waals surface area contributed by atoms with Gasteiger partial charge in [-0.1, -0.05) is 11.6 Å². The predicted octanol–water partition coefficient (Wildman–Crippen LogP) is 3.81. The third-order valence-electron chi connectivity index (χ3n) is 3.38. The van der Waals surface area contributed by atoms with Gasteiger partial charge in [-0.05, 0) is 31.2 Å². The molecule has 1 aromatic carbocycles. The molecule has 0 aliphatic carbocycles. The zero-order chi connectivity index (χ0) is 12.0. The van der Waals surface area contributed by atoms with Crippen molar-refractivity contribution >= 4 is 34.2 Å². The molecule has 90 valence electrons. The van der Waals surface area contributed by atoms with E-state index in [2.05, 4.69) is 11.9 Å². The van der Waals surface area contributed by atoms with E-state index < -0.39 is 0 Å². The fourth-order valence-electron chi connectivity index (χ4n) is 2.52. The molecule has 0 bridgehead atoms. The summed E-state index contributed by atoms with van der Waals surface area (Å²) in [6, 6.07) is 3.85. The molecule has 1 aromatic heterocycles. The molecule has 0 saturated heterocycles. The average molecular weight is 270 g/mol. The highest BCUT2D eigenvalue weighted by molar-refractivity contribution is 6.32. The van der Waals surface area contributed by atoms with E-state index in [0.717, 1.165) is 35.9 Å². The quantitative estimate of drug-likeness (QED) is 0.732. The summed E-state index contributed by atoms with van der Waals surface area (Å²) in [5.41, 5.74) is 3.31. The molecular weight excluding hydrogens is 257 g/mol. The van der Waals surface area contributed by atoms with Crippen LogP contribution in [0.4, 0.5) is 0 Å². The van der Waals surface area contributed by atoms with Gasteiger partial charge in [-0.25, -0.2) is 0 Å². The van der Waals surface area contributed by atoms with Gasteiger partial charge in [-0.3, -0.25) is 0 Å². The lowest BCUT2D eigenvalue weighted by atomic mass is 10.0. The molecule has 2 aromatic rings. The molecule has 0 radical (unpaired) electrons. The number of hydrogen-bond donors (Lipinski definition) is 0. The van der Waals surface area contributed by atoms with Crippen LogP contribution >= 0.6 is 23.2 Å². The van der Waals surface area contributed by atoms with Crippen LogP contribution in [0.15, 0.2) is 16.5 Å². The Morgan fingerprint density at radius 3 is 2.94 bits per heavy atom. The molecule has 1 aliphatic rings. The number of alkyl halides is 1. The lowest BCUT2D eigenvalue weighted by Gasteiger charge is -2.13. The van der Waals surface area contributed by atoms with Crippen LogP contribution in [0.5, 0.6) is 0 Å². The molecule has 1 aliphatic heterocycles. The van der Waals surface area contributed by atoms with Crippen LogP contribution in [0, 0.1) is 0 Å². The van der Waals surface area contributed by atoms with Gasteiger partial charge < -0.3 is 9.32 Å². The van der Waals surface area contributed by atoms with Gasteiger partial charge in [0.25, 0.3) is 0 Å². The Balaban J connectivity index is 2.35. The Labute approximate surface area is 110 Å². The molecule has 2 heterocycles. The third-order valence-corrected chi connectivity index (χ3v) is 3.98. The number of halogens is 2. The van der Waals surface area contributed by atoms with E-state index in [0.29, 0.717) is 5.88 Å². The SMILES string of the molecule is CN1CCc2c(Cl)ccc3oc(CCl)c(c23)C1. The molecule has 0 fully saturated rings. The first-order valence-corrected chi connectivity index (χ1v) is 6.58. The van der Waals surface area contributed by atoms with Gasteiger partial charge in [0, 0.05) is 29.1 Å². The Bertz CT molecular complexity index is 576. The van der Waals surface area contributed by atoms with Crippen LogP contribution in [-0.4, -0.2) is 18.5 Å². The van der Waals surface area contributed by atoms with Crippen LogP contribution in [0.3, 0.4) is 0 Å². The molecule has 17 heavy (non-hydrogen) atoms. The highest BCUT2D eigenvalue weighted by Gasteiger charge is 2.22. The topological polar surface area (TPSA) is 16.4 Å². The van der Waals surface area contributed by atoms with Gasteiger partial charge in [0.2, 0.25) is 0 Å². The summed E-state index contributed by atoms with van der Waals surface area (Å²) < 4.78 is 5.80. The van der Waals surface area contributed by atoms with E-state index >= 15 is 0 Å². The zero-order valence-corrected chi connectivity index (χ0v) is 11.1. The Kier molecular flexibility index (Phi) is 2.81. The van der Waals surface area contributed by atoms with E-state index in [1.807, 2.05) is 12.1 Å². The second-order valence-corrected chi connectivity index (χ2v) is 5.20. The molecule has 0 spiro atoms. The van der Waals surface area contributed by atoms with Crippen LogP contribution in [0.2, 0.25) is 5.02 Å². The molecule has 0 atom stereocenters. The van der Waals surface area contributed by atoms with E-state index in [-0.39, 0.29) is 0 Å². The van der Waals surface area contributed by atoms with Crippen LogP contribution in [0.1, 0.15) is 16.9 Å². The van der Waals surface area contributed by atoms with E-state index in [9.17, 15) is 0 Å². The highest BCUT2D eigenvalue weighted by Crippen LogP contribution is 2.36. The number of hydrogen-bond acceptors (Lipinski definition) is 2. The maximum atomic E-state index is 6.29. The number of benzene rings is 1. The second-order valence-electron chi connectivity index (χ2n) is 4.52. The minimum Gasteiger partial charge on any atom is -0.459 e. The van der Waals surface area contributed by atoms with Crippen molar-refractivity contribution in [3.8, 4) is 0 Å². The first-order valence-electron chi connectivity index (χ1n) is 5.67. The fourth-order valence-corrected chi connectivity index (χ4v) is 2.99. The summed E-state index contributed by atoms with van der Waals surface area (Å²) in [6.07, 6.45) is 0.959. The molecule has 0 amide bonds. The average Bonchev–Trinajstić information content (AvgIpc) is 2.56. The Morgan fingerprint density at radius 2 is 2.18 bits per heavy atom. The first-order chi connectivity index (χ1) is 8.20. The first kappa shape index (κ1) is 11.4. The van der Waals surface area contributed by atoms with E-state index in [1.54, 1.807) is 0 Å². The smallest absolute Gasteiger partial charge is 0.135 e. The molecule has 0 N–H and O–H groups in total. The predicted molar refractivity (Wildman–Crippen MR) is 70.8 cm³/mol. The number of rotatable bonds is 1. The normalized spacial score (nSPS) is 16.4. The van der Waals surface area contributed by atoms with E-state index in [1.165, 1.54) is 16.5 Å². The van der Waals surface area contributed by atoms with Gasteiger partial charge >= 0.3 is 0 Å². The van der Waals surface area contributed by atoms with Gasteiger partial charge in [0.1, 0.15) is 11.3 Å². The summed E-state index contributed by atoms with van der Waals surface area (Å²) in [5, 5.41) is 2.01. The third kappa shape index (κ3) is 1.75. The van der Waals surface area contributed by atoms with Gasteiger partial charge in [0.15, 0.2) is 0 Å². The van der Waals surface area contributed by atoms with Crippen LogP contribution in [-0.2, 0) is 18.8 Å². The van der Waals surface area contributed by atoms with Crippen molar-refractivity contribution in [3.63, 3.8) is 0 Å². The van der Waals surface area contributed by atoms with Crippen LogP contribution in [0.25, 0.3) is 11.0 Å². The maximum absolute atomic E-state index is 6.29. The summed E-state index contributed by atoms with van der Waals surface area (Å²) >= 11 is 12.2. The summed E-state index contributed by atoms with van der Waals surface area (Å²) in [7, 11) is 2.11. The highest BCUT2D eigenvalue weighted by atomic mass is 35.5. The van der Waals surface area contributed by atoms with Gasteiger partial charge in [-0.2, -0.15) is 0 Å². The largest absolute Gasteiger partial charge is 0.459 e. The molecule has 2 nitrogen and oxygen atoms in total. The lowest BCUT2D eigenvalue weighted by Crippen LogP contribution is -2.18. The van der Waals surface area contributed by atoms with Crippen molar-refractivity contribution < 1.29 is 4.42 Å². The van der Waals surface area contributed by atoms with E-state index in [4.69, 9.17) is 27.6 Å². The molecule has 3 rings (SSSR count). The van der Waals surface area contributed by atoms with Crippen molar-refractivity contribution in [2.45, 2.75) is 18.8 Å². The number of furan rings is 1. The van der Waals surface area contributed by atoms with Crippen molar-refractivity contribution in [2.75, 3.05) is 13.6 Å². The molecule has 4 heteroatoms. The van der Waals surface area contributed by atoms with Gasteiger partial charge in [0.05, 0.1) is 5.88 Å². The Morgan fingerprint density at radius 1 is 1.35 bits per heavy atom.